The predicted octanol–water partition coefficient (Wildman–Crippen LogP) is 2.41. The first-order valence-corrected chi connectivity index (χ1v) is 6.58. The number of hydrogen-bond donors (Lipinski definition) is 2. The topological polar surface area (TPSA) is 64.7 Å². The molecule has 0 aliphatic rings. The number of benzene rings is 2. The molecule has 2 rings (SSSR count). The minimum Gasteiger partial charge on any atom is -0.493 e. The molecule has 0 fully saturated rings. The van der Waals surface area contributed by atoms with Crippen molar-refractivity contribution in [2.45, 2.75) is 12.7 Å². The summed E-state index contributed by atoms with van der Waals surface area (Å²) in [6.07, 6.45) is -0.611. The van der Waals surface area contributed by atoms with Crippen LogP contribution in [0.2, 0.25) is 0 Å². The Bertz CT molecular complexity index is 604. The zero-order valence-electron chi connectivity index (χ0n) is 11.8. The van der Waals surface area contributed by atoms with Crippen LogP contribution in [-0.2, 0) is 6.61 Å². The number of halogens is 1. The zero-order chi connectivity index (χ0) is 15.2. The Hall–Kier alpha value is -2.11. The summed E-state index contributed by atoms with van der Waals surface area (Å²) in [5, 5.41) is 9.12. The maximum atomic E-state index is 13.8. The number of hydrogen-bond acceptors (Lipinski definition) is 4. The van der Waals surface area contributed by atoms with Crippen molar-refractivity contribution >= 4 is 0 Å². The quantitative estimate of drug-likeness (QED) is 0.858. The Kier molecular flexibility index (Phi) is 5.14. The summed E-state index contributed by atoms with van der Waals surface area (Å²) in [6, 6.07) is 11.4. The van der Waals surface area contributed by atoms with Crippen LogP contribution in [0.4, 0.5) is 4.39 Å². The van der Waals surface area contributed by atoms with Gasteiger partial charge in [-0.25, -0.2) is 4.39 Å². The molecule has 21 heavy (non-hydrogen) atoms. The first-order valence-electron chi connectivity index (χ1n) is 6.58. The maximum absolute atomic E-state index is 13.8. The van der Waals surface area contributed by atoms with Crippen molar-refractivity contribution in [1.29, 1.82) is 0 Å². The molecule has 0 aliphatic carbocycles. The van der Waals surface area contributed by atoms with E-state index < -0.39 is 6.10 Å². The number of nitrogens with two attached hydrogens (primary N) is 1. The van der Waals surface area contributed by atoms with Crippen molar-refractivity contribution < 1.29 is 19.0 Å². The second-order valence-electron chi connectivity index (χ2n) is 4.51. The van der Waals surface area contributed by atoms with E-state index in [0.29, 0.717) is 22.6 Å². The highest BCUT2D eigenvalue weighted by Gasteiger charge is 2.17. The lowest BCUT2D eigenvalue weighted by molar-refractivity contribution is 0.199. The van der Waals surface area contributed by atoms with E-state index in [2.05, 4.69) is 0 Å². The van der Waals surface area contributed by atoms with Crippen molar-refractivity contribution in [3.8, 4) is 11.5 Å². The molecule has 5 heteroatoms. The SMILES string of the molecule is COc1cc(CO)ccc1OC(CN)c1ccccc1F. The minimum atomic E-state index is -0.611. The van der Waals surface area contributed by atoms with Gasteiger partial charge in [-0.15, -0.1) is 0 Å². The maximum Gasteiger partial charge on any atom is 0.162 e. The molecule has 0 saturated carbocycles. The lowest BCUT2D eigenvalue weighted by Crippen LogP contribution is -2.20. The molecule has 1 unspecified atom stereocenters. The minimum absolute atomic E-state index is 0.0930. The highest BCUT2D eigenvalue weighted by Crippen LogP contribution is 2.32. The summed E-state index contributed by atoms with van der Waals surface area (Å²) in [5.41, 5.74) is 6.80. The molecule has 4 nitrogen and oxygen atoms in total. The van der Waals surface area contributed by atoms with Gasteiger partial charge in [0, 0.05) is 12.1 Å². The van der Waals surface area contributed by atoms with E-state index in [1.807, 2.05) is 0 Å². The van der Waals surface area contributed by atoms with Gasteiger partial charge in [0.05, 0.1) is 13.7 Å². The standard InChI is InChI=1S/C16H18FNO3/c1-20-15-8-11(10-19)6-7-14(15)21-16(9-18)12-4-2-3-5-13(12)17/h2-8,16,19H,9-10,18H2,1H3. The molecule has 0 amide bonds. The second-order valence-corrected chi connectivity index (χ2v) is 4.51. The van der Waals surface area contributed by atoms with E-state index >= 15 is 0 Å². The van der Waals surface area contributed by atoms with Gasteiger partial charge in [0.1, 0.15) is 11.9 Å². The Labute approximate surface area is 122 Å². The highest BCUT2D eigenvalue weighted by atomic mass is 19.1. The molecule has 0 heterocycles. The number of rotatable bonds is 6. The van der Waals surface area contributed by atoms with Crippen LogP contribution in [0.5, 0.6) is 11.5 Å². The van der Waals surface area contributed by atoms with Crippen molar-refractivity contribution in [2.24, 2.45) is 5.73 Å². The third-order valence-corrected chi connectivity index (χ3v) is 3.15. The summed E-state index contributed by atoms with van der Waals surface area (Å²) >= 11 is 0. The average molecular weight is 291 g/mol. The van der Waals surface area contributed by atoms with Crippen LogP contribution in [-0.4, -0.2) is 18.8 Å². The molecule has 0 aromatic heterocycles. The average Bonchev–Trinajstić information content (AvgIpc) is 2.53. The smallest absolute Gasteiger partial charge is 0.162 e. The monoisotopic (exact) mass is 291 g/mol. The van der Waals surface area contributed by atoms with Gasteiger partial charge in [-0.1, -0.05) is 24.3 Å². The Morgan fingerprint density at radius 1 is 1.19 bits per heavy atom. The van der Waals surface area contributed by atoms with Crippen LogP contribution in [0.15, 0.2) is 42.5 Å². The van der Waals surface area contributed by atoms with Gasteiger partial charge in [-0.3, -0.25) is 0 Å². The molecular formula is C16H18FNO3. The third-order valence-electron chi connectivity index (χ3n) is 3.15. The molecule has 2 aromatic rings. The van der Waals surface area contributed by atoms with Gasteiger partial charge in [-0.2, -0.15) is 0 Å². The highest BCUT2D eigenvalue weighted by molar-refractivity contribution is 5.43. The van der Waals surface area contributed by atoms with Gasteiger partial charge < -0.3 is 20.3 Å². The van der Waals surface area contributed by atoms with Crippen LogP contribution in [0.25, 0.3) is 0 Å². The molecule has 0 radical (unpaired) electrons. The van der Waals surface area contributed by atoms with Gasteiger partial charge >= 0.3 is 0 Å². The largest absolute Gasteiger partial charge is 0.493 e. The molecule has 0 aliphatic heterocycles. The molecule has 0 saturated heterocycles. The summed E-state index contributed by atoms with van der Waals surface area (Å²) < 4.78 is 24.8. The summed E-state index contributed by atoms with van der Waals surface area (Å²) in [4.78, 5) is 0. The summed E-state index contributed by atoms with van der Waals surface area (Å²) in [6.45, 7) is 0.0378. The second kappa shape index (κ2) is 7.06. The van der Waals surface area contributed by atoms with Crippen molar-refractivity contribution in [3.63, 3.8) is 0 Å². The fourth-order valence-electron chi connectivity index (χ4n) is 2.04. The molecule has 3 N–H and O–H groups in total. The van der Waals surface area contributed by atoms with Crippen molar-refractivity contribution in [3.05, 3.63) is 59.4 Å². The zero-order valence-corrected chi connectivity index (χ0v) is 11.8. The van der Waals surface area contributed by atoms with Gasteiger partial charge in [0.25, 0.3) is 0 Å². The van der Waals surface area contributed by atoms with Gasteiger partial charge in [0.2, 0.25) is 0 Å². The molecule has 0 bridgehead atoms. The molecule has 1 atom stereocenters. The first kappa shape index (κ1) is 15.3. The van der Waals surface area contributed by atoms with E-state index in [9.17, 15) is 4.39 Å². The molecule has 112 valence electrons. The molecular weight excluding hydrogens is 273 g/mol. The lowest BCUT2D eigenvalue weighted by atomic mass is 10.1. The summed E-state index contributed by atoms with van der Waals surface area (Å²) in [5.74, 6) is 0.559. The van der Waals surface area contributed by atoms with E-state index in [-0.39, 0.29) is 19.0 Å². The van der Waals surface area contributed by atoms with Gasteiger partial charge in [0.15, 0.2) is 11.5 Å². The van der Waals surface area contributed by atoms with Crippen molar-refractivity contribution in [2.75, 3.05) is 13.7 Å². The van der Waals surface area contributed by atoms with Crippen molar-refractivity contribution in [1.82, 2.24) is 0 Å². The number of methoxy groups -OCH3 is 1. The number of aliphatic hydroxyl groups excluding tert-OH is 1. The fraction of sp³-hybridized carbons (Fsp3) is 0.250. The third kappa shape index (κ3) is 3.51. The van der Waals surface area contributed by atoms with E-state index in [4.69, 9.17) is 20.3 Å². The number of ether oxygens (including phenoxy) is 2. The number of aliphatic hydroxyl groups is 1. The lowest BCUT2D eigenvalue weighted by Gasteiger charge is -2.20. The first-order chi connectivity index (χ1) is 10.2. The van der Waals surface area contributed by atoms with Crippen LogP contribution >= 0.6 is 0 Å². The van der Waals surface area contributed by atoms with Crippen LogP contribution < -0.4 is 15.2 Å². The van der Waals surface area contributed by atoms with Gasteiger partial charge in [-0.05, 0) is 23.8 Å². The van der Waals surface area contributed by atoms with E-state index in [1.54, 1.807) is 36.4 Å². The predicted molar refractivity (Wildman–Crippen MR) is 77.7 cm³/mol. The summed E-state index contributed by atoms with van der Waals surface area (Å²) in [7, 11) is 1.50. The fourth-order valence-corrected chi connectivity index (χ4v) is 2.04. The van der Waals surface area contributed by atoms with Crippen LogP contribution in [0.1, 0.15) is 17.2 Å². The van der Waals surface area contributed by atoms with E-state index in [1.165, 1.54) is 13.2 Å². The molecule has 2 aromatic carbocycles. The Morgan fingerprint density at radius 3 is 2.57 bits per heavy atom. The molecule has 0 spiro atoms. The Balaban J connectivity index is 2.29. The normalized spacial score (nSPS) is 12.0. The van der Waals surface area contributed by atoms with Crippen LogP contribution in [0, 0.1) is 5.82 Å². The van der Waals surface area contributed by atoms with E-state index in [0.717, 1.165) is 0 Å². The Morgan fingerprint density at radius 2 is 1.95 bits per heavy atom. The van der Waals surface area contributed by atoms with Crippen LogP contribution in [0.3, 0.4) is 0 Å².